The Labute approximate surface area is 112 Å². The van der Waals surface area contributed by atoms with E-state index >= 15 is 0 Å². The summed E-state index contributed by atoms with van der Waals surface area (Å²) in [7, 11) is 0. The molecule has 0 N–H and O–H groups in total. The lowest BCUT2D eigenvalue weighted by atomic mass is 10.2. The second-order valence-electron chi connectivity index (χ2n) is 4.90. The molecule has 0 bridgehead atoms. The van der Waals surface area contributed by atoms with Crippen molar-refractivity contribution in [2.45, 2.75) is 32.3 Å². The first-order valence-corrected chi connectivity index (χ1v) is 7.05. The predicted molar refractivity (Wildman–Crippen MR) is 69.9 cm³/mol. The van der Waals surface area contributed by atoms with Gasteiger partial charge in [0, 0.05) is 24.3 Å². The highest BCUT2D eigenvalue weighted by Gasteiger charge is 2.26. The van der Waals surface area contributed by atoms with E-state index < -0.39 is 0 Å². The van der Waals surface area contributed by atoms with Crippen LogP contribution < -0.4 is 0 Å². The standard InChI is InChI=1S/C13H18ClN3O/c1-2-17-6-7-18-11(8-17)13-15-10-5-3-4-9(10)12(14)16-13/h11H,2-8H2,1H3. The van der Waals surface area contributed by atoms with E-state index in [9.17, 15) is 0 Å². The molecule has 18 heavy (non-hydrogen) atoms. The third-order valence-electron chi connectivity index (χ3n) is 3.79. The Kier molecular flexibility index (Phi) is 3.50. The number of fused-ring (bicyclic) bond motifs is 1. The van der Waals surface area contributed by atoms with Gasteiger partial charge in [-0.2, -0.15) is 0 Å². The molecule has 2 aliphatic rings. The Hall–Kier alpha value is -0.710. The van der Waals surface area contributed by atoms with E-state index in [1.807, 2.05) is 0 Å². The fraction of sp³-hybridized carbons (Fsp3) is 0.692. The van der Waals surface area contributed by atoms with Crippen LogP contribution in [0.2, 0.25) is 5.15 Å². The zero-order valence-electron chi connectivity index (χ0n) is 10.7. The lowest BCUT2D eigenvalue weighted by molar-refractivity contribution is -0.0326. The molecule has 2 heterocycles. The summed E-state index contributed by atoms with van der Waals surface area (Å²) in [6.07, 6.45) is 3.15. The number of nitrogens with zero attached hydrogens (tertiary/aromatic N) is 3. The number of morpholine rings is 1. The number of hydrogen-bond acceptors (Lipinski definition) is 4. The maximum Gasteiger partial charge on any atom is 0.160 e. The minimum atomic E-state index is -0.0258. The third-order valence-corrected chi connectivity index (χ3v) is 4.10. The molecule has 0 spiro atoms. The van der Waals surface area contributed by atoms with Gasteiger partial charge in [-0.05, 0) is 25.8 Å². The van der Waals surface area contributed by atoms with Gasteiger partial charge in [-0.25, -0.2) is 9.97 Å². The maximum atomic E-state index is 6.24. The lowest BCUT2D eigenvalue weighted by Crippen LogP contribution is -2.38. The van der Waals surface area contributed by atoms with Crippen LogP contribution in [-0.4, -0.2) is 41.1 Å². The molecular weight excluding hydrogens is 250 g/mol. The Bertz CT molecular complexity index is 452. The average molecular weight is 268 g/mol. The first kappa shape index (κ1) is 12.3. The normalized spacial score (nSPS) is 24.2. The van der Waals surface area contributed by atoms with Crippen molar-refractivity contribution in [3.05, 3.63) is 22.2 Å². The number of hydrogen-bond donors (Lipinski definition) is 0. The SMILES string of the molecule is CCN1CCOC(c2nc(Cl)c3c(n2)CCC3)C1. The summed E-state index contributed by atoms with van der Waals surface area (Å²) in [5.41, 5.74) is 2.27. The summed E-state index contributed by atoms with van der Waals surface area (Å²) in [6, 6.07) is 0. The smallest absolute Gasteiger partial charge is 0.160 e. The van der Waals surface area contributed by atoms with Crippen LogP contribution in [0.3, 0.4) is 0 Å². The molecule has 0 radical (unpaired) electrons. The monoisotopic (exact) mass is 267 g/mol. The summed E-state index contributed by atoms with van der Waals surface area (Å²) >= 11 is 6.24. The number of aryl methyl sites for hydroxylation is 1. The highest BCUT2D eigenvalue weighted by atomic mass is 35.5. The van der Waals surface area contributed by atoms with E-state index in [2.05, 4.69) is 21.8 Å². The number of aromatic nitrogens is 2. The van der Waals surface area contributed by atoms with Gasteiger partial charge in [0.05, 0.1) is 6.61 Å². The minimum absolute atomic E-state index is 0.0258. The molecule has 0 amide bonds. The number of halogens is 1. The summed E-state index contributed by atoms with van der Waals surface area (Å²) in [4.78, 5) is 11.5. The van der Waals surface area contributed by atoms with Gasteiger partial charge in [0.1, 0.15) is 11.3 Å². The van der Waals surface area contributed by atoms with Gasteiger partial charge in [-0.15, -0.1) is 0 Å². The lowest BCUT2D eigenvalue weighted by Gasteiger charge is -2.31. The van der Waals surface area contributed by atoms with E-state index in [1.54, 1.807) is 0 Å². The van der Waals surface area contributed by atoms with Gasteiger partial charge in [0.2, 0.25) is 0 Å². The minimum Gasteiger partial charge on any atom is -0.368 e. The molecule has 1 aliphatic carbocycles. The van der Waals surface area contributed by atoms with Crippen LogP contribution in [0, 0.1) is 0 Å². The van der Waals surface area contributed by atoms with Crippen LogP contribution in [0.5, 0.6) is 0 Å². The Morgan fingerprint density at radius 3 is 3.11 bits per heavy atom. The van der Waals surface area contributed by atoms with Crippen LogP contribution in [0.4, 0.5) is 0 Å². The molecule has 3 rings (SSSR count). The predicted octanol–water partition coefficient (Wildman–Crippen LogP) is 2.01. The topological polar surface area (TPSA) is 38.2 Å². The van der Waals surface area contributed by atoms with Crippen molar-refractivity contribution in [2.75, 3.05) is 26.2 Å². The van der Waals surface area contributed by atoms with Gasteiger partial charge in [-0.1, -0.05) is 18.5 Å². The van der Waals surface area contributed by atoms with Gasteiger partial charge < -0.3 is 4.74 Å². The van der Waals surface area contributed by atoms with Crippen LogP contribution in [-0.2, 0) is 17.6 Å². The fourth-order valence-corrected chi connectivity index (χ4v) is 2.98. The van der Waals surface area contributed by atoms with Crippen LogP contribution in [0.1, 0.15) is 36.5 Å². The largest absolute Gasteiger partial charge is 0.368 e. The Morgan fingerprint density at radius 1 is 1.39 bits per heavy atom. The highest BCUT2D eigenvalue weighted by molar-refractivity contribution is 6.30. The zero-order chi connectivity index (χ0) is 12.5. The molecule has 4 nitrogen and oxygen atoms in total. The average Bonchev–Trinajstić information content (AvgIpc) is 2.87. The van der Waals surface area contributed by atoms with Crippen LogP contribution >= 0.6 is 11.6 Å². The first-order valence-electron chi connectivity index (χ1n) is 6.67. The molecular formula is C13H18ClN3O. The summed E-state index contributed by atoms with van der Waals surface area (Å²) in [6.45, 7) is 5.81. The molecule has 5 heteroatoms. The van der Waals surface area contributed by atoms with E-state index in [-0.39, 0.29) is 6.10 Å². The number of rotatable bonds is 2. The van der Waals surface area contributed by atoms with Gasteiger partial charge in [0.15, 0.2) is 5.82 Å². The van der Waals surface area contributed by atoms with Crippen molar-refractivity contribution in [3.8, 4) is 0 Å². The molecule has 1 aliphatic heterocycles. The molecule has 1 unspecified atom stereocenters. The van der Waals surface area contributed by atoms with E-state index in [0.717, 1.165) is 62.6 Å². The van der Waals surface area contributed by atoms with Gasteiger partial charge in [0.25, 0.3) is 0 Å². The molecule has 1 fully saturated rings. The van der Waals surface area contributed by atoms with E-state index in [1.165, 1.54) is 0 Å². The van der Waals surface area contributed by atoms with Crippen molar-refractivity contribution in [1.29, 1.82) is 0 Å². The van der Waals surface area contributed by atoms with Crippen molar-refractivity contribution in [3.63, 3.8) is 0 Å². The second-order valence-corrected chi connectivity index (χ2v) is 5.26. The first-order chi connectivity index (χ1) is 8.78. The van der Waals surface area contributed by atoms with Gasteiger partial charge in [-0.3, -0.25) is 4.90 Å². The molecule has 0 aromatic carbocycles. The molecule has 1 aromatic heterocycles. The van der Waals surface area contributed by atoms with E-state index in [0.29, 0.717) is 5.15 Å². The van der Waals surface area contributed by atoms with Gasteiger partial charge >= 0.3 is 0 Å². The maximum absolute atomic E-state index is 6.24. The fourth-order valence-electron chi connectivity index (χ4n) is 2.69. The van der Waals surface area contributed by atoms with Crippen LogP contribution in [0.15, 0.2) is 0 Å². The molecule has 1 atom stereocenters. The second kappa shape index (κ2) is 5.11. The highest BCUT2D eigenvalue weighted by Crippen LogP contribution is 2.29. The Morgan fingerprint density at radius 2 is 2.28 bits per heavy atom. The number of likely N-dealkylation sites (N-methyl/N-ethyl adjacent to an activating group) is 1. The summed E-state index contributed by atoms with van der Waals surface area (Å²) in [5.74, 6) is 0.763. The Balaban J connectivity index is 1.86. The quantitative estimate of drug-likeness (QED) is 0.769. The van der Waals surface area contributed by atoms with Crippen molar-refractivity contribution in [1.82, 2.24) is 14.9 Å². The third kappa shape index (κ3) is 2.25. The van der Waals surface area contributed by atoms with Crippen molar-refractivity contribution >= 4 is 11.6 Å². The molecule has 1 saturated heterocycles. The molecule has 1 aromatic rings. The van der Waals surface area contributed by atoms with Crippen molar-refractivity contribution in [2.24, 2.45) is 0 Å². The zero-order valence-corrected chi connectivity index (χ0v) is 11.4. The number of ether oxygens (including phenoxy) is 1. The summed E-state index contributed by atoms with van der Waals surface area (Å²) < 4.78 is 5.79. The summed E-state index contributed by atoms with van der Waals surface area (Å²) in [5, 5.41) is 0.629. The van der Waals surface area contributed by atoms with Crippen molar-refractivity contribution < 1.29 is 4.74 Å². The van der Waals surface area contributed by atoms with Crippen LogP contribution in [0.25, 0.3) is 0 Å². The molecule has 0 saturated carbocycles. The molecule has 98 valence electrons. The van der Waals surface area contributed by atoms with E-state index in [4.69, 9.17) is 16.3 Å².